The van der Waals surface area contributed by atoms with Crippen molar-refractivity contribution in [1.29, 1.82) is 0 Å². The van der Waals surface area contributed by atoms with Gasteiger partial charge in [-0.1, -0.05) is 13.8 Å². The predicted molar refractivity (Wildman–Crippen MR) is 63.6 cm³/mol. The first-order valence-corrected chi connectivity index (χ1v) is 5.47. The lowest BCUT2D eigenvalue weighted by Gasteiger charge is -2.04. The molecule has 0 aliphatic heterocycles. The lowest BCUT2D eigenvalue weighted by molar-refractivity contribution is 0.615. The summed E-state index contributed by atoms with van der Waals surface area (Å²) in [7, 11) is 0. The fourth-order valence-electron chi connectivity index (χ4n) is 1.41. The number of hydrazine groups is 1. The normalized spacial score (nSPS) is 11.3. The highest BCUT2D eigenvalue weighted by Gasteiger charge is 2.11. The summed E-state index contributed by atoms with van der Waals surface area (Å²) in [5, 5.41) is 0. The van der Waals surface area contributed by atoms with E-state index in [0.717, 1.165) is 9.99 Å². The summed E-state index contributed by atoms with van der Waals surface area (Å²) in [5.74, 6) is 5.70. The Hall–Kier alpha value is -1.07. The molecule has 4 nitrogen and oxygen atoms in total. The van der Waals surface area contributed by atoms with E-state index in [9.17, 15) is 0 Å². The fourth-order valence-corrected chi connectivity index (χ4v) is 1.96. The highest BCUT2D eigenvalue weighted by atomic mass is 79.9. The van der Waals surface area contributed by atoms with E-state index in [1.807, 2.05) is 12.1 Å². The molecule has 0 amide bonds. The summed E-state index contributed by atoms with van der Waals surface area (Å²) in [6, 6.07) is 4.37. The zero-order chi connectivity index (χ0) is 11.0. The van der Waals surface area contributed by atoms with Gasteiger partial charge in [-0.2, -0.15) is 4.98 Å². The van der Waals surface area contributed by atoms with Gasteiger partial charge in [-0.05, 0) is 39.5 Å². The van der Waals surface area contributed by atoms with E-state index >= 15 is 0 Å². The Balaban J connectivity index is 2.65. The molecule has 0 saturated carbocycles. The maximum Gasteiger partial charge on any atom is 0.310 e. The summed E-state index contributed by atoms with van der Waals surface area (Å²) in [5.41, 5.74) is 5.13. The SMILES string of the molecule is CC(C)c1cc(Br)c2oc(NN)nc2c1. The van der Waals surface area contributed by atoms with Gasteiger partial charge in [-0.25, -0.2) is 5.84 Å². The second kappa shape index (κ2) is 3.83. The van der Waals surface area contributed by atoms with Gasteiger partial charge in [-0.15, -0.1) is 0 Å². The summed E-state index contributed by atoms with van der Waals surface area (Å²) in [6.07, 6.45) is 0. The van der Waals surface area contributed by atoms with Crippen molar-refractivity contribution in [3.63, 3.8) is 0 Å². The molecule has 1 aromatic carbocycles. The first kappa shape index (κ1) is 10.4. The van der Waals surface area contributed by atoms with E-state index in [1.165, 1.54) is 5.56 Å². The third kappa shape index (κ3) is 1.85. The smallest absolute Gasteiger partial charge is 0.310 e. The van der Waals surface area contributed by atoms with Gasteiger partial charge in [0.15, 0.2) is 5.58 Å². The van der Waals surface area contributed by atoms with E-state index in [2.05, 4.69) is 40.2 Å². The van der Waals surface area contributed by atoms with Crippen LogP contribution in [0.25, 0.3) is 11.1 Å². The van der Waals surface area contributed by atoms with Crippen molar-refractivity contribution in [2.45, 2.75) is 19.8 Å². The van der Waals surface area contributed by atoms with Crippen LogP contribution in [0.4, 0.5) is 6.01 Å². The fraction of sp³-hybridized carbons (Fsp3) is 0.300. The maximum atomic E-state index is 5.39. The molecular formula is C10H12BrN3O. The number of nitrogens with zero attached hydrogens (tertiary/aromatic N) is 1. The van der Waals surface area contributed by atoms with Gasteiger partial charge in [0.05, 0.1) is 4.47 Å². The van der Waals surface area contributed by atoms with Crippen LogP contribution < -0.4 is 11.3 Å². The lowest BCUT2D eigenvalue weighted by atomic mass is 10.0. The highest BCUT2D eigenvalue weighted by Crippen LogP contribution is 2.30. The van der Waals surface area contributed by atoms with Gasteiger partial charge in [0.1, 0.15) is 5.52 Å². The molecule has 5 heteroatoms. The van der Waals surface area contributed by atoms with E-state index in [1.54, 1.807) is 0 Å². The molecule has 0 saturated heterocycles. The number of nitrogens with two attached hydrogens (primary N) is 1. The van der Waals surface area contributed by atoms with Crippen molar-refractivity contribution in [3.05, 3.63) is 22.2 Å². The summed E-state index contributed by atoms with van der Waals surface area (Å²) >= 11 is 3.46. The van der Waals surface area contributed by atoms with E-state index in [4.69, 9.17) is 10.3 Å². The van der Waals surface area contributed by atoms with Crippen LogP contribution in [0.2, 0.25) is 0 Å². The van der Waals surface area contributed by atoms with Crippen LogP contribution in [0.3, 0.4) is 0 Å². The number of oxazole rings is 1. The average Bonchev–Trinajstić information content (AvgIpc) is 2.61. The molecule has 0 atom stereocenters. The standard InChI is InChI=1S/C10H12BrN3O/c1-5(2)6-3-7(11)9-8(4-6)13-10(14-12)15-9/h3-5H,12H2,1-2H3,(H,13,14). The zero-order valence-electron chi connectivity index (χ0n) is 8.54. The molecule has 15 heavy (non-hydrogen) atoms. The Bertz CT molecular complexity index is 493. The zero-order valence-corrected chi connectivity index (χ0v) is 10.1. The number of hydrogen-bond acceptors (Lipinski definition) is 4. The van der Waals surface area contributed by atoms with Gasteiger partial charge in [0.2, 0.25) is 0 Å². The lowest BCUT2D eigenvalue weighted by Crippen LogP contribution is -2.06. The van der Waals surface area contributed by atoms with E-state index in [0.29, 0.717) is 17.5 Å². The van der Waals surface area contributed by atoms with Gasteiger partial charge in [0, 0.05) is 0 Å². The number of halogens is 1. The second-order valence-electron chi connectivity index (χ2n) is 3.67. The third-order valence-electron chi connectivity index (χ3n) is 2.26. The molecule has 2 rings (SSSR count). The van der Waals surface area contributed by atoms with Crippen molar-refractivity contribution < 1.29 is 4.42 Å². The molecule has 0 unspecified atom stereocenters. The first-order chi connectivity index (χ1) is 7.11. The number of aromatic nitrogens is 1. The molecule has 3 N–H and O–H groups in total. The topological polar surface area (TPSA) is 64.1 Å². The second-order valence-corrected chi connectivity index (χ2v) is 4.52. The summed E-state index contributed by atoms with van der Waals surface area (Å²) in [6.45, 7) is 4.27. The minimum atomic E-state index is 0.326. The number of anilines is 1. The monoisotopic (exact) mass is 269 g/mol. The molecule has 0 spiro atoms. The number of hydrogen-bond donors (Lipinski definition) is 2. The number of nitrogen functional groups attached to an aromatic ring is 1. The number of rotatable bonds is 2. The third-order valence-corrected chi connectivity index (χ3v) is 2.85. The van der Waals surface area contributed by atoms with Crippen LogP contribution in [-0.4, -0.2) is 4.98 Å². The van der Waals surface area contributed by atoms with Crippen LogP contribution in [0.15, 0.2) is 21.0 Å². The molecule has 1 aromatic heterocycles. The number of benzene rings is 1. The predicted octanol–water partition coefficient (Wildman–Crippen LogP) is 3.00. The highest BCUT2D eigenvalue weighted by molar-refractivity contribution is 9.10. The number of nitrogens with one attached hydrogen (secondary N) is 1. The van der Waals surface area contributed by atoms with Gasteiger partial charge < -0.3 is 4.42 Å². The molecule has 1 heterocycles. The Labute approximate surface area is 95.9 Å². The molecule has 2 aromatic rings. The Morgan fingerprint density at radius 1 is 1.47 bits per heavy atom. The quantitative estimate of drug-likeness (QED) is 0.650. The van der Waals surface area contributed by atoms with Gasteiger partial charge in [0.25, 0.3) is 0 Å². The van der Waals surface area contributed by atoms with Crippen LogP contribution in [-0.2, 0) is 0 Å². The van der Waals surface area contributed by atoms with Crippen molar-refractivity contribution in [1.82, 2.24) is 4.98 Å². The molecule has 0 aliphatic rings. The molecule has 0 fully saturated rings. The molecule has 0 radical (unpaired) electrons. The minimum Gasteiger partial charge on any atom is -0.421 e. The van der Waals surface area contributed by atoms with Crippen molar-refractivity contribution in [3.8, 4) is 0 Å². The summed E-state index contributed by atoms with van der Waals surface area (Å²) in [4.78, 5) is 4.20. The molecule has 0 bridgehead atoms. The van der Waals surface area contributed by atoms with Crippen LogP contribution in [0.1, 0.15) is 25.3 Å². The van der Waals surface area contributed by atoms with Crippen molar-refractivity contribution >= 4 is 33.0 Å². The first-order valence-electron chi connectivity index (χ1n) is 4.68. The summed E-state index contributed by atoms with van der Waals surface area (Å²) < 4.78 is 6.29. The van der Waals surface area contributed by atoms with E-state index in [-0.39, 0.29) is 0 Å². The Morgan fingerprint density at radius 2 is 2.20 bits per heavy atom. The Morgan fingerprint density at radius 3 is 2.80 bits per heavy atom. The number of fused-ring (bicyclic) bond motifs is 1. The van der Waals surface area contributed by atoms with Crippen LogP contribution in [0, 0.1) is 0 Å². The van der Waals surface area contributed by atoms with Gasteiger partial charge in [-0.3, -0.25) is 5.43 Å². The maximum absolute atomic E-state index is 5.39. The average molecular weight is 270 g/mol. The molecular weight excluding hydrogens is 258 g/mol. The van der Waals surface area contributed by atoms with Crippen molar-refractivity contribution in [2.75, 3.05) is 5.43 Å². The molecule has 80 valence electrons. The molecule has 0 aliphatic carbocycles. The van der Waals surface area contributed by atoms with Gasteiger partial charge >= 0.3 is 6.01 Å². The Kier molecular flexibility index (Phi) is 2.67. The van der Waals surface area contributed by atoms with Crippen LogP contribution in [0.5, 0.6) is 0 Å². The van der Waals surface area contributed by atoms with E-state index < -0.39 is 0 Å². The van der Waals surface area contributed by atoms with Crippen molar-refractivity contribution in [2.24, 2.45) is 5.84 Å². The largest absolute Gasteiger partial charge is 0.421 e. The minimum absolute atomic E-state index is 0.326. The van der Waals surface area contributed by atoms with Crippen LogP contribution >= 0.6 is 15.9 Å².